The standard InChI is InChI=1S/C30H46O6/c1-16(12-18(31)13-17(2)26(35)36)20-14-24(34)30(7)19-8-9-22-27(3,4)23(33)10-11-28(22,5)25(19)21(32)15-29(20,30)6/h13,16,18,20,22-24,31,33-34H,8-12,14-15H2,1-7H3,(H,35,36)/t16-,18?,20-,22?,23+,24+,28+,29-,30-/m1/s1. The third-order valence-electron chi connectivity index (χ3n) is 11.7. The molecule has 6 nitrogen and oxygen atoms in total. The number of carboxylic acid groups (broad SMARTS) is 1. The number of carbonyl (C=O) groups excluding carboxylic acids is 1. The number of hydrogen-bond donors (Lipinski definition) is 4. The summed E-state index contributed by atoms with van der Waals surface area (Å²) in [6, 6.07) is 0. The van der Waals surface area contributed by atoms with Crippen LogP contribution in [0.3, 0.4) is 0 Å². The first-order chi connectivity index (χ1) is 16.5. The lowest BCUT2D eigenvalue weighted by molar-refractivity contribution is -0.134. The number of carbonyl (C=O) groups is 2. The molecule has 0 aromatic carbocycles. The molecule has 0 heterocycles. The molecule has 2 fully saturated rings. The highest BCUT2D eigenvalue weighted by Crippen LogP contribution is 2.71. The summed E-state index contributed by atoms with van der Waals surface area (Å²) >= 11 is 0. The van der Waals surface area contributed by atoms with E-state index in [2.05, 4.69) is 41.5 Å². The molecule has 4 N–H and O–H groups in total. The van der Waals surface area contributed by atoms with E-state index in [1.165, 1.54) is 13.0 Å². The van der Waals surface area contributed by atoms with Crippen LogP contribution in [-0.2, 0) is 9.59 Å². The summed E-state index contributed by atoms with van der Waals surface area (Å²) in [6.07, 6.45) is 4.03. The summed E-state index contributed by atoms with van der Waals surface area (Å²) in [5, 5.41) is 42.2. The maximum atomic E-state index is 14.1. The van der Waals surface area contributed by atoms with Crippen molar-refractivity contribution in [3.63, 3.8) is 0 Å². The number of aliphatic carboxylic acids is 1. The molecule has 0 aromatic rings. The highest BCUT2D eigenvalue weighted by atomic mass is 16.4. The normalized spacial score (nSPS) is 43.9. The number of ketones is 1. The minimum Gasteiger partial charge on any atom is -0.478 e. The van der Waals surface area contributed by atoms with Crippen molar-refractivity contribution in [1.82, 2.24) is 0 Å². The highest BCUT2D eigenvalue weighted by Gasteiger charge is 2.68. The second-order valence-electron chi connectivity index (χ2n) is 13.8. The predicted molar refractivity (Wildman–Crippen MR) is 138 cm³/mol. The maximum Gasteiger partial charge on any atom is 0.331 e. The number of fused-ring (bicyclic) bond motifs is 4. The van der Waals surface area contributed by atoms with E-state index in [1.54, 1.807) is 0 Å². The average molecular weight is 503 g/mol. The van der Waals surface area contributed by atoms with E-state index in [1.807, 2.05) is 0 Å². The first-order valence-corrected chi connectivity index (χ1v) is 13.7. The minimum atomic E-state index is -1.04. The van der Waals surface area contributed by atoms with E-state index in [0.717, 1.165) is 30.4 Å². The van der Waals surface area contributed by atoms with Gasteiger partial charge in [-0.2, -0.15) is 0 Å². The van der Waals surface area contributed by atoms with Crippen LogP contribution >= 0.6 is 0 Å². The fourth-order valence-electron chi connectivity index (χ4n) is 9.41. The Morgan fingerprint density at radius 3 is 2.36 bits per heavy atom. The minimum absolute atomic E-state index is 0.00459. The summed E-state index contributed by atoms with van der Waals surface area (Å²) < 4.78 is 0. The number of aliphatic hydroxyl groups excluding tert-OH is 3. The summed E-state index contributed by atoms with van der Waals surface area (Å²) in [5.74, 6) is -0.601. The van der Waals surface area contributed by atoms with Gasteiger partial charge in [-0.3, -0.25) is 4.79 Å². The highest BCUT2D eigenvalue weighted by molar-refractivity contribution is 6.00. The fraction of sp³-hybridized carbons (Fsp3) is 0.800. The lowest BCUT2D eigenvalue weighted by Gasteiger charge is -2.61. The fourth-order valence-corrected chi connectivity index (χ4v) is 9.41. The van der Waals surface area contributed by atoms with Crippen LogP contribution in [0.1, 0.15) is 93.4 Å². The molecule has 6 heteroatoms. The van der Waals surface area contributed by atoms with Crippen molar-refractivity contribution in [2.45, 2.75) is 112 Å². The molecular weight excluding hydrogens is 456 g/mol. The zero-order valence-corrected chi connectivity index (χ0v) is 23.1. The number of allylic oxidation sites excluding steroid dienone is 1. The molecule has 4 aliphatic rings. The second-order valence-corrected chi connectivity index (χ2v) is 13.8. The monoisotopic (exact) mass is 502 g/mol. The van der Waals surface area contributed by atoms with E-state index in [-0.39, 0.29) is 46.0 Å². The number of aliphatic hydroxyl groups is 3. The van der Waals surface area contributed by atoms with Crippen molar-refractivity contribution < 1.29 is 30.0 Å². The molecule has 9 atom stereocenters. The second kappa shape index (κ2) is 8.78. The Balaban J connectivity index is 1.72. The zero-order chi connectivity index (χ0) is 27.0. The largest absolute Gasteiger partial charge is 0.478 e. The third kappa shape index (κ3) is 3.69. The first kappa shape index (κ1) is 27.5. The van der Waals surface area contributed by atoms with Crippen molar-refractivity contribution in [1.29, 1.82) is 0 Å². The maximum absolute atomic E-state index is 14.1. The van der Waals surface area contributed by atoms with Gasteiger partial charge in [0.25, 0.3) is 0 Å². The molecule has 2 saturated carbocycles. The Bertz CT molecular complexity index is 1010. The van der Waals surface area contributed by atoms with Gasteiger partial charge in [0.2, 0.25) is 0 Å². The third-order valence-corrected chi connectivity index (χ3v) is 11.7. The first-order valence-electron chi connectivity index (χ1n) is 13.7. The van der Waals surface area contributed by atoms with Gasteiger partial charge in [0, 0.05) is 23.0 Å². The molecule has 0 aromatic heterocycles. The van der Waals surface area contributed by atoms with Crippen molar-refractivity contribution in [2.24, 2.45) is 39.4 Å². The lowest BCUT2D eigenvalue weighted by Crippen LogP contribution is -2.58. The van der Waals surface area contributed by atoms with Gasteiger partial charge in [0.1, 0.15) is 0 Å². The molecule has 36 heavy (non-hydrogen) atoms. The Morgan fingerprint density at radius 2 is 1.75 bits per heavy atom. The van der Waals surface area contributed by atoms with Gasteiger partial charge in [-0.15, -0.1) is 0 Å². The van der Waals surface area contributed by atoms with Gasteiger partial charge in [-0.25, -0.2) is 4.79 Å². The van der Waals surface area contributed by atoms with Gasteiger partial charge >= 0.3 is 5.97 Å². The van der Waals surface area contributed by atoms with Crippen molar-refractivity contribution >= 4 is 11.8 Å². The van der Waals surface area contributed by atoms with Crippen molar-refractivity contribution in [3.8, 4) is 0 Å². The van der Waals surface area contributed by atoms with Crippen LogP contribution in [0, 0.1) is 39.4 Å². The quantitative estimate of drug-likeness (QED) is 0.406. The van der Waals surface area contributed by atoms with Gasteiger partial charge in [0.05, 0.1) is 18.3 Å². The summed E-state index contributed by atoms with van der Waals surface area (Å²) in [5.41, 5.74) is 0.654. The molecule has 0 amide bonds. The van der Waals surface area contributed by atoms with Crippen molar-refractivity contribution in [2.75, 3.05) is 0 Å². The molecule has 0 bridgehead atoms. The topological polar surface area (TPSA) is 115 Å². The van der Waals surface area contributed by atoms with E-state index in [0.29, 0.717) is 25.7 Å². The van der Waals surface area contributed by atoms with Gasteiger partial charge in [0.15, 0.2) is 5.78 Å². The van der Waals surface area contributed by atoms with E-state index in [4.69, 9.17) is 5.11 Å². The van der Waals surface area contributed by atoms with Crippen LogP contribution in [0.2, 0.25) is 0 Å². The molecular formula is C30H46O6. The van der Waals surface area contributed by atoms with Crippen LogP contribution in [0.4, 0.5) is 0 Å². The zero-order valence-electron chi connectivity index (χ0n) is 23.1. The van der Waals surface area contributed by atoms with E-state index >= 15 is 0 Å². The van der Waals surface area contributed by atoms with Gasteiger partial charge < -0.3 is 20.4 Å². The van der Waals surface area contributed by atoms with Crippen LogP contribution in [0.15, 0.2) is 22.8 Å². The number of carboxylic acids is 1. The molecule has 4 rings (SSSR count). The summed E-state index contributed by atoms with van der Waals surface area (Å²) in [7, 11) is 0. The van der Waals surface area contributed by atoms with E-state index < -0.39 is 29.0 Å². The van der Waals surface area contributed by atoms with Crippen LogP contribution in [-0.4, -0.2) is 50.5 Å². The Labute approximate surface area is 215 Å². The van der Waals surface area contributed by atoms with Crippen LogP contribution in [0.5, 0.6) is 0 Å². The molecule has 0 saturated heterocycles. The molecule has 202 valence electrons. The summed E-state index contributed by atoms with van der Waals surface area (Å²) in [6.45, 7) is 14.3. The molecule has 4 aliphatic carbocycles. The summed E-state index contributed by atoms with van der Waals surface area (Å²) in [4.78, 5) is 25.2. The van der Waals surface area contributed by atoms with Crippen LogP contribution < -0.4 is 0 Å². The molecule has 0 spiro atoms. The number of Topliss-reactive ketones (excluding diaryl/α,β-unsaturated/α-hetero) is 1. The predicted octanol–water partition coefficient (Wildman–Crippen LogP) is 4.66. The van der Waals surface area contributed by atoms with Crippen molar-refractivity contribution in [3.05, 3.63) is 22.8 Å². The lowest BCUT2D eigenvalue weighted by atomic mass is 9.43. The SMILES string of the molecule is CC(=CC(O)C[C@@H](C)[C@H]1C[C@H](O)[C@@]2(C)C3=C(C(=O)C[C@]12C)[C@@]1(C)CC[C@H](O)C(C)(C)C1CC3)C(=O)O. The van der Waals surface area contributed by atoms with Gasteiger partial charge in [-0.1, -0.05) is 47.1 Å². The van der Waals surface area contributed by atoms with Gasteiger partial charge in [-0.05, 0) is 85.5 Å². The average Bonchev–Trinajstić information content (AvgIpc) is 2.97. The Hall–Kier alpha value is -1.50. The van der Waals surface area contributed by atoms with E-state index in [9.17, 15) is 24.9 Å². The smallest absolute Gasteiger partial charge is 0.331 e. The van der Waals surface area contributed by atoms with Crippen LogP contribution in [0.25, 0.3) is 0 Å². The Morgan fingerprint density at radius 1 is 1.11 bits per heavy atom. The molecule has 0 aliphatic heterocycles. The molecule has 2 unspecified atom stereocenters. The Kier molecular flexibility index (Phi) is 6.71. The molecule has 0 radical (unpaired) electrons. The number of rotatable bonds is 5. The number of hydrogen-bond acceptors (Lipinski definition) is 5.